The lowest BCUT2D eigenvalue weighted by atomic mass is 10.1. The predicted molar refractivity (Wildman–Crippen MR) is 99.9 cm³/mol. The number of rotatable bonds is 5. The van der Waals surface area contributed by atoms with Crippen LogP contribution in [-0.4, -0.2) is 66.4 Å². The number of hydrogen-bond acceptors (Lipinski definition) is 5. The van der Waals surface area contributed by atoms with Gasteiger partial charge in [0.25, 0.3) is 10.0 Å². The molecular weight excluding hydrogens is 368 g/mol. The Morgan fingerprint density at radius 3 is 2.74 bits per heavy atom. The Kier molecular flexibility index (Phi) is 5.81. The van der Waals surface area contributed by atoms with Gasteiger partial charge < -0.3 is 14.2 Å². The lowest BCUT2D eigenvalue weighted by Crippen LogP contribution is -2.38. The van der Waals surface area contributed by atoms with Gasteiger partial charge in [0.15, 0.2) is 5.03 Å². The lowest BCUT2D eigenvalue weighted by molar-refractivity contribution is -0.130. The van der Waals surface area contributed by atoms with E-state index in [1.165, 1.54) is 16.8 Å². The Labute approximate surface area is 159 Å². The minimum absolute atomic E-state index is 0.0136. The summed E-state index contributed by atoms with van der Waals surface area (Å²) in [6, 6.07) is 7.41. The van der Waals surface area contributed by atoms with Gasteiger partial charge in [0.05, 0.1) is 19.9 Å². The van der Waals surface area contributed by atoms with Crippen molar-refractivity contribution < 1.29 is 17.9 Å². The molecule has 9 heteroatoms. The zero-order valence-electron chi connectivity index (χ0n) is 15.5. The number of carbonyl (C=O) groups excluding carboxylic acids is 1. The first-order valence-electron chi connectivity index (χ1n) is 8.79. The van der Waals surface area contributed by atoms with Crippen LogP contribution in [0.5, 0.6) is 5.75 Å². The average molecular weight is 392 g/mol. The fourth-order valence-corrected chi connectivity index (χ4v) is 4.54. The monoisotopic (exact) mass is 392 g/mol. The summed E-state index contributed by atoms with van der Waals surface area (Å²) in [7, 11) is -0.315. The first-order valence-corrected chi connectivity index (χ1v) is 10.2. The van der Waals surface area contributed by atoms with Crippen molar-refractivity contribution in [2.45, 2.75) is 17.9 Å². The van der Waals surface area contributed by atoms with Crippen LogP contribution in [-0.2, 0) is 28.3 Å². The Balaban J connectivity index is 1.64. The van der Waals surface area contributed by atoms with Crippen LogP contribution in [0.4, 0.5) is 0 Å². The van der Waals surface area contributed by atoms with E-state index in [2.05, 4.69) is 4.98 Å². The third-order valence-electron chi connectivity index (χ3n) is 4.58. The van der Waals surface area contributed by atoms with Gasteiger partial charge in [0.1, 0.15) is 5.75 Å². The van der Waals surface area contributed by atoms with Crippen LogP contribution in [0.2, 0.25) is 0 Å². The van der Waals surface area contributed by atoms with E-state index in [4.69, 9.17) is 4.74 Å². The molecule has 1 aromatic heterocycles. The second-order valence-corrected chi connectivity index (χ2v) is 8.43. The summed E-state index contributed by atoms with van der Waals surface area (Å²) in [5.74, 6) is 0.698. The molecule has 1 amide bonds. The summed E-state index contributed by atoms with van der Waals surface area (Å²) in [5, 5.41) is 0.0427. The van der Waals surface area contributed by atoms with E-state index in [1.54, 1.807) is 23.6 Å². The standard InChI is InChI=1S/C18H24N4O4S/c1-20-13-17(19-14-20)27(24,25)22-8-4-7-21(9-10-22)18(23)12-15-5-3-6-16(11-15)26-2/h3,5-6,11,13-14H,4,7-10,12H2,1-2H3. The Morgan fingerprint density at radius 2 is 2.04 bits per heavy atom. The molecule has 0 atom stereocenters. The molecule has 3 rings (SSSR count). The minimum atomic E-state index is -3.63. The summed E-state index contributed by atoms with van der Waals surface area (Å²) in [5.41, 5.74) is 0.876. The Morgan fingerprint density at radius 1 is 1.22 bits per heavy atom. The van der Waals surface area contributed by atoms with Gasteiger partial charge in [-0.2, -0.15) is 4.31 Å². The number of carbonyl (C=O) groups is 1. The van der Waals surface area contributed by atoms with E-state index in [9.17, 15) is 13.2 Å². The molecular formula is C18H24N4O4S. The second kappa shape index (κ2) is 8.10. The smallest absolute Gasteiger partial charge is 0.262 e. The molecule has 0 radical (unpaired) electrons. The number of imidazole rings is 1. The number of ether oxygens (including phenoxy) is 1. The molecule has 1 aliphatic rings. The molecule has 2 aromatic rings. The molecule has 27 heavy (non-hydrogen) atoms. The van der Waals surface area contributed by atoms with Gasteiger partial charge in [0, 0.05) is 39.4 Å². The molecule has 0 aliphatic carbocycles. The average Bonchev–Trinajstić information content (AvgIpc) is 2.94. The van der Waals surface area contributed by atoms with E-state index in [0.29, 0.717) is 31.8 Å². The zero-order chi connectivity index (χ0) is 19.4. The predicted octanol–water partition coefficient (Wildman–Crippen LogP) is 0.894. The Bertz CT molecular complexity index is 910. The number of amides is 1. The number of sulfonamides is 1. The molecule has 146 valence electrons. The molecule has 1 aliphatic heterocycles. The first kappa shape index (κ1) is 19.4. The van der Waals surface area contributed by atoms with Crippen LogP contribution in [0.15, 0.2) is 41.8 Å². The number of methoxy groups -OCH3 is 1. The van der Waals surface area contributed by atoms with Crippen molar-refractivity contribution in [3.8, 4) is 5.75 Å². The maximum absolute atomic E-state index is 12.7. The summed E-state index contributed by atoms with van der Waals surface area (Å²) in [6.07, 6.45) is 3.82. The molecule has 0 spiro atoms. The van der Waals surface area contributed by atoms with Crippen molar-refractivity contribution in [2.24, 2.45) is 7.05 Å². The second-order valence-electron chi connectivity index (χ2n) is 6.54. The molecule has 2 heterocycles. The Hall–Kier alpha value is -2.39. The van der Waals surface area contributed by atoms with Gasteiger partial charge in [-0.3, -0.25) is 4.79 Å². The number of aryl methyl sites for hydroxylation is 1. The number of aromatic nitrogens is 2. The highest BCUT2D eigenvalue weighted by molar-refractivity contribution is 7.89. The molecule has 0 unspecified atom stereocenters. The normalized spacial score (nSPS) is 16.1. The van der Waals surface area contributed by atoms with Crippen molar-refractivity contribution in [1.82, 2.24) is 18.8 Å². The highest BCUT2D eigenvalue weighted by Gasteiger charge is 2.29. The number of hydrogen-bond donors (Lipinski definition) is 0. The molecule has 8 nitrogen and oxygen atoms in total. The highest BCUT2D eigenvalue weighted by atomic mass is 32.2. The SMILES string of the molecule is COc1cccc(CC(=O)N2CCCN(S(=O)(=O)c3cn(C)cn3)CC2)c1. The van der Waals surface area contributed by atoms with Crippen molar-refractivity contribution in [2.75, 3.05) is 33.3 Å². The fourth-order valence-electron chi connectivity index (χ4n) is 3.11. The first-order chi connectivity index (χ1) is 12.9. The fraction of sp³-hybridized carbons (Fsp3) is 0.444. The van der Waals surface area contributed by atoms with Gasteiger partial charge in [-0.15, -0.1) is 0 Å². The lowest BCUT2D eigenvalue weighted by Gasteiger charge is -2.21. The quantitative estimate of drug-likeness (QED) is 0.755. The third kappa shape index (κ3) is 4.48. The van der Waals surface area contributed by atoms with E-state index in [-0.39, 0.29) is 23.9 Å². The molecule has 0 bridgehead atoms. The summed E-state index contributed by atoms with van der Waals surface area (Å²) < 4.78 is 33.7. The van der Waals surface area contributed by atoms with Crippen molar-refractivity contribution in [3.05, 3.63) is 42.4 Å². The maximum Gasteiger partial charge on any atom is 0.262 e. The molecule has 1 fully saturated rings. The van der Waals surface area contributed by atoms with Gasteiger partial charge >= 0.3 is 0 Å². The number of nitrogens with zero attached hydrogens (tertiary/aromatic N) is 4. The maximum atomic E-state index is 12.7. The van der Waals surface area contributed by atoms with Gasteiger partial charge in [-0.1, -0.05) is 12.1 Å². The van der Waals surface area contributed by atoms with Crippen molar-refractivity contribution >= 4 is 15.9 Å². The van der Waals surface area contributed by atoms with Gasteiger partial charge in [-0.05, 0) is 24.1 Å². The molecule has 0 saturated carbocycles. The van der Waals surface area contributed by atoms with Crippen LogP contribution in [0.1, 0.15) is 12.0 Å². The van der Waals surface area contributed by atoms with Crippen molar-refractivity contribution in [3.63, 3.8) is 0 Å². The molecule has 1 aromatic carbocycles. The summed E-state index contributed by atoms with van der Waals surface area (Å²) in [6.45, 7) is 1.55. The minimum Gasteiger partial charge on any atom is -0.497 e. The third-order valence-corrected chi connectivity index (χ3v) is 6.37. The van der Waals surface area contributed by atoms with Crippen LogP contribution in [0, 0.1) is 0 Å². The number of benzene rings is 1. The summed E-state index contributed by atoms with van der Waals surface area (Å²) >= 11 is 0. The summed E-state index contributed by atoms with van der Waals surface area (Å²) in [4.78, 5) is 18.3. The van der Waals surface area contributed by atoms with E-state index in [1.807, 2.05) is 24.3 Å². The van der Waals surface area contributed by atoms with Crippen LogP contribution >= 0.6 is 0 Å². The molecule has 1 saturated heterocycles. The van der Waals surface area contributed by atoms with Crippen LogP contribution < -0.4 is 4.74 Å². The van der Waals surface area contributed by atoms with Gasteiger partial charge in [0.2, 0.25) is 5.91 Å². The van der Waals surface area contributed by atoms with Gasteiger partial charge in [-0.25, -0.2) is 13.4 Å². The van der Waals surface area contributed by atoms with Crippen molar-refractivity contribution in [1.29, 1.82) is 0 Å². The van der Waals surface area contributed by atoms with Crippen LogP contribution in [0.3, 0.4) is 0 Å². The molecule has 0 N–H and O–H groups in total. The zero-order valence-corrected chi connectivity index (χ0v) is 16.4. The largest absolute Gasteiger partial charge is 0.497 e. The van der Waals surface area contributed by atoms with E-state index >= 15 is 0 Å². The van der Waals surface area contributed by atoms with Crippen LogP contribution in [0.25, 0.3) is 0 Å². The van der Waals surface area contributed by atoms with E-state index in [0.717, 1.165) is 5.56 Å². The van der Waals surface area contributed by atoms with E-state index < -0.39 is 10.0 Å². The topological polar surface area (TPSA) is 84.7 Å². The highest BCUT2D eigenvalue weighted by Crippen LogP contribution is 2.17.